The van der Waals surface area contributed by atoms with E-state index in [4.69, 9.17) is 0 Å². The Bertz CT molecular complexity index is 468. The van der Waals surface area contributed by atoms with Crippen molar-refractivity contribution in [1.82, 2.24) is 5.32 Å². The van der Waals surface area contributed by atoms with E-state index in [2.05, 4.69) is 11.9 Å². The summed E-state index contributed by atoms with van der Waals surface area (Å²) in [4.78, 5) is 11.6. The number of hydrogen-bond donors (Lipinski definition) is 1. The number of alkyl halides is 3. The van der Waals surface area contributed by atoms with Crippen LogP contribution in [0.5, 0.6) is 0 Å². The summed E-state index contributed by atoms with van der Waals surface area (Å²) in [5.74, 6) is -2.12. The minimum Gasteiger partial charge on any atom is -0.346 e. The van der Waals surface area contributed by atoms with Gasteiger partial charge in [0.05, 0.1) is 5.56 Å². The van der Waals surface area contributed by atoms with E-state index in [0.717, 1.165) is 6.07 Å². The molecule has 1 atom stereocenters. The highest BCUT2D eigenvalue weighted by molar-refractivity contribution is 5.94. The molecular weight excluding hydrogens is 250 g/mol. The van der Waals surface area contributed by atoms with E-state index >= 15 is 0 Å². The van der Waals surface area contributed by atoms with Gasteiger partial charge in [-0.25, -0.2) is 4.39 Å². The predicted octanol–water partition coefficient (Wildman–Crippen LogP) is 3.15. The second-order valence-electron chi connectivity index (χ2n) is 3.69. The van der Waals surface area contributed by atoms with Gasteiger partial charge in [-0.3, -0.25) is 4.79 Å². The van der Waals surface area contributed by atoms with Crippen LogP contribution in [0.25, 0.3) is 0 Å². The summed E-state index contributed by atoms with van der Waals surface area (Å²) >= 11 is 0. The molecule has 0 aliphatic carbocycles. The van der Waals surface area contributed by atoms with E-state index in [1.807, 2.05) is 0 Å². The second-order valence-corrected chi connectivity index (χ2v) is 3.69. The van der Waals surface area contributed by atoms with Gasteiger partial charge in [0.2, 0.25) is 0 Å². The van der Waals surface area contributed by atoms with Crippen LogP contribution in [0.2, 0.25) is 0 Å². The largest absolute Gasteiger partial charge is 0.419 e. The quantitative estimate of drug-likeness (QED) is 0.657. The Morgan fingerprint density at radius 1 is 1.44 bits per heavy atom. The molecule has 0 saturated heterocycles. The summed E-state index contributed by atoms with van der Waals surface area (Å²) in [7, 11) is 0. The Kier molecular flexibility index (Phi) is 4.11. The average molecular weight is 261 g/mol. The fraction of sp³-hybridized carbons (Fsp3) is 0.250. The molecule has 0 saturated carbocycles. The number of nitrogens with one attached hydrogen (secondary N) is 1. The van der Waals surface area contributed by atoms with Gasteiger partial charge >= 0.3 is 6.18 Å². The monoisotopic (exact) mass is 261 g/mol. The molecular formula is C12H11F4NO. The molecule has 1 amide bonds. The number of amides is 1. The predicted molar refractivity (Wildman–Crippen MR) is 58.5 cm³/mol. The maximum Gasteiger partial charge on any atom is 0.419 e. The molecule has 0 radical (unpaired) electrons. The van der Waals surface area contributed by atoms with E-state index in [-0.39, 0.29) is 5.56 Å². The first-order chi connectivity index (χ1) is 8.25. The minimum absolute atomic E-state index is 0.252. The Hall–Kier alpha value is -1.85. The first-order valence-electron chi connectivity index (χ1n) is 5.06. The van der Waals surface area contributed by atoms with Crippen molar-refractivity contribution in [2.75, 3.05) is 0 Å². The van der Waals surface area contributed by atoms with Crippen molar-refractivity contribution in [3.05, 3.63) is 47.8 Å². The van der Waals surface area contributed by atoms with Crippen molar-refractivity contribution in [3.8, 4) is 0 Å². The normalized spacial score (nSPS) is 12.9. The number of hydrogen-bond acceptors (Lipinski definition) is 1. The fourth-order valence-corrected chi connectivity index (χ4v) is 1.23. The average Bonchev–Trinajstić information content (AvgIpc) is 2.27. The van der Waals surface area contributed by atoms with Crippen LogP contribution in [-0.2, 0) is 6.18 Å². The van der Waals surface area contributed by atoms with Crippen LogP contribution in [0, 0.1) is 5.82 Å². The highest BCUT2D eigenvalue weighted by Crippen LogP contribution is 2.31. The first-order valence-corrected chi connectivity index (χ1v) is 5.06. The van der Waals surface area contributed by atoms with Crippen LogP contribution in [0.4, 0.5) is 17.6 Å². The van der Waals surface area contributed by atoms with E-state index in [1.165, 1.54) is 6.08 Å². The molecule has 0 heterocycles. The van der Waals surface area contributed by atoms with Gasteiger partial charge in [-0.05, 0) is 25.1 Å². The lowest BCUT2D eigenvalue weighted by Crippen LogP contribution is -2.31. The zero-order valence-electron chi connectivity index (χ0n) is 9.51. The molecule has 18 heavy (non-hydrogen) atoms. The fourth-order valence-electron chi connectivity index (χ4n) is 1.23. The SMILES string of the molecule is C=CC(C)NC(=O)c1ccc(F)c(C(F)(F)F)c1. The molecule has 1 aromatic rings. The Morgan fingerprint density at radius 2 is 2.06 bits per heavy atom. The van der Waals surface area contributed by atoms with Gasteiger partial charge in [-0.2, -0.15) is 13.2 Å². The standard InChI is InChI=1S/C12H11F4NO/c1-3-7(2)17-11(18)8-4-5-10(13)9(6-8)12(14,15)16/h3-7H,1H2,2H3,(H,17,18). The van der Waals surface area contributed by atoms with Gasteiger partial charge in [0.25, 0.3) is 5.91 Å². The van der Waals surface area contributed by atoms with Crippen LogP contribution in [-0.4, -0.2) is 11.9 Å². The molecule has 0 aliphatic heterocycles. The topological polar surface area (TPSA) is 29.1 Å². The summed E-state index contributed by atoms with van der Waals surface area (Å²) in [6.45, 7) is 5.03. The maximum atomic E-state index is 13.0. The van der Waals surface area contributed by atoms with Gasteiger partial charge < -0.3 is 5.32 Å². The molecule has 0 bridgehead atoms. The molecule has 0 aliphatic rings. The lowest BCUT2D eigenvalue weighted by atomic mass is 10.1. The van der Waals surface area contributed by atoms with Crippen LogP contribution < -0.4 is 5.32 Å². The van der Waals surface area contributed by atoms with Crippen LogP contribution in [0.3, 0.4) is 0 Å². The van der Waals surface area contributed by atoms with Crippen molar-refractivity contribution >= 4 is 5.91 Å². The maximum absolute atomic E-state index is 13.0. The second kappa shape index (κ2) is 5.20. The number of carbonyl (C=O) groups is 1. The molecule has 1 N–H and O–H groups in total. The highest BCUT2D eigenvalue weighted by atomic mass is 19.4. The van der Waals surface area contributed by atoms with Crippen molar-refractivity contribution in [2.45, 2.75) is 19.1 Å². The zero-order valence-corrected chi connectivity index (χ0v) is 9.51. The van der Waals surface area contributed by atoms with Gasteiger partial charge in [-0.15, -0.1) is 6.58 Å². The molecule has 0 fully saturated rings. The molecule has 0 spiro atoms. The molecule has 6 heteroatoms. The van der Waals surface area contributed by atoms with E-state index < -0.39 is 29.5 Å². The lowest BCUT2D eigenvalue weighted by molar-refractivity contribution is -0.140. The molecule has 2 nitrogen and oxygen atoms in total. The van der Waals surface area contributed by atoms with Gasteiger partial charge in [0, 0.05) is 11.6 Å². The van der Waals surface area contributed by atoms with Crippen molar-refractivity contribution in [1.29, 1.82) is 0 Å². The molecule has 0 aromatic heterocycles. The third-order valence-corrected chi connectivity index (χ3v) is 2.25. The third kappa shape index (κ3) is 3.32. The van der Waals surface area contributed by atoms with Crippen molar-refractivity contribution < 1.29 is 22.4 Å². The van der Waals surface area contributed by atoms with Gasteiger partial charge in [0.1, 0.15) is 5.82 Å². The Balaban J connectivity index is 3.05. The summed E-state index contributed by atoms with van der Waals surface area (Å²) < 4.78 is 50.3. The lowest BCUT2D eigenvalue weighted by Gasteiger charge is -2.12. The smallest absolute Gasteiger partial charge is 0.346 e. The highest BCUT2D eigenvalue weighted by Gasteiger charge is 2.34. The Morgan fingerprint density at radius 3 is 2.56 bits per heavy atom. The van der Waals surface area contributed by atoms with Crippen LogP contribution >= 0.6 is 0 Å². The summed E-state index contributed by atoms with van der Waals surface area (Å²) in [6.07, 6.45) is -3.41. The minimum atomic E-state index is -4.83. The number of halogens is 4. The van der Waals surface area contributed by atoms with Crippen LogP contribution in [0.15, 0.2) is 30.9 Å². The summed E-state index contributed by atoms with van der Waals surface area (Å²) in [5, 5.41) is 2.40. The molecule has 98 valence electrons. The molecule has 1 rings (SSSR count). The third-order valence-electron chi connectivity index (χ3n) is 2.25. The number of carbonyl (C=O) groups excluding carboxylic acids is 1. The van der Waals surface area contributed by atoms with Crippen molar-refractivity contribution in [3.63, 3.8) is 0 Å². The molecule has 1 aromatic carbocycles. The van der Waals surface area contributed by atoms with E-state index in [0.29, 0.717) is 12.1 Å². The van der Waals surface area contributed by atoms with E-state index in [9.17, 15) is 22.4 Å². The van der Waals surface area contributed by atoms with Gasteiger partial charge in [-0.1, -0.05) is 6.08 Å². The van der Waals surface area contributed by atoms with Gasteiger partial charge in [0.15, 0.2) is 0 Å². The van der Waals surface area contributed by atoms with E-state index in [1.54, 1.807) is 6.92 Å². The van der Waals surface area contributed by atoms with Crippen molar-refractivity contribution in [2.24, 2.45) is 0 Å². The zero-order chi connectivity index (χ0) is 13.9. The summed E-state index contributed by atoms with van der Waals surface area (Å²) in [6, 6.07) is 1.71. The molecule has 1 unspecified atom stereocenters. The first kappa shape index (κ1) is 14.2. The number of benzene rings is 1. The van der Waals surface area contributed by atoms with Crippen LogP contribution in [0.1, 0.15) is 22.8 Å². The summed E-state index contributed by atoms with van der Waals surface area (Å²) in [5.41, 5.74) is -1.71. The Labute approximate surface area is 101 Å². The number of rotatable bonds is 3.